The van der Waals surface area contributed by atoms with Crippen molar-refractivity contribution in [1.29, 1.82) is 0 Å². The van der Waals surface area contributed by atoms with Crippen LogP contribution in [0, 0.1) is 11.8 Å². The van der Waals surface area contributed by atoms with E-state index >= 15 is 0 Å². The van der Waals surface area contributed by atoms with Crippen molar-refractivity contribution in [2.24, 2.45) is 11.8 Å². The number of allylic oxidation sites excluding steroid dienone is 2. The lowest BCUT2D eigenvalue weighted by atomic mass is 10.0. The number of ether oxygens (including phenoxy) is 2. The standard InChI is InChI=1S/C23H37F3N4O6/c1-13(2)17(19(23(24,25)26)36-15(5)31)27-20(32)16-7-6-8-30(16)21(33)18(14(3)4)28-22(34)29-9-11-35-12-10-29/h13-14,16,18,20,27,32H,6-12H2,1-5H3,(H,28,34)/b19-17+/t16-,18-,20?/m0/s1. The number of hydrogen-bond donors (Lipinski definition) is 3. The van der Waals surface area contributed by atoms with Gasteiger partial charge in [0.15, 0.2) is 0 Å². The Morgan fingerprint density at radius 2 is 1.67 bits per heavy atom. The fourth-order valence-electron chi connectivity index (χ4n) is 4.24. The van der Waals surface area contributed by atoms with E-state index in [1.165, 1.54) is 18.7 Å². The van der Waals surface area contributed by atoms with Crippen LogP contribution in [0.3, 0.4) is 0 Å². The van der Waals surface area contributed by atoms with Crippen LogP contribution in [0.4, 0.5) is 18.0 Å². The van der Waals surface area contributed by atoms with Crippen molar-refractivity contribution < 1.29 is 42.1 Å². The van der Waals surface area contributed by atoms with Gasteiger partial charge in [-0.15, -0.1) is 0 Å². The smallest absolute Gasteiger partial charge is 0.420 e. The molecule has 2 fully saturated rings. The molecule has 206 valence electrons. The number of nitrogens with zero attached hydrogens (tertiary/aromatic N) is 2. The summed E-state index contributed by atoms with van der Waals surface area (Å²) in [7, 11) is 0. The van der Waals surface area contributed by atoms with Crippen LogP contribution in [0.2, 0.25) is 0 Å². The first-order chi connectivity index (χ1) is 16.7. The molecule has 1 unspecified atom stereocenters. The van der Waals surface area contributed by atoms with Crippen molar-refractivity contribution in [3.8, 4) is 0 Å². The molecule has 3 amide bonds. The van der Waals surface area contributed by atoms with E-state index in [0.29, 0.717) is 39.1 Å². The number of esters is 1. The molecule has 3 atom stereocenters. The Bertz CT molecular complexity index is 827. The van der Waals surface area contributed by atoms with Gasteiger partial charge in [0, 0.05) is 26.6 Å². The van der Waals surface area contributed by atoms with Gasteiger partial charge in [-0.2, -0.15) is 13.2 Å². The second kappa shape index (κ2) is 12.6. The van der Waals surface area contributed by atoms with Crippen LogP contribution in [0.5, 0.6) is 0 Å². The highest BCUT2D eigenvalue weighted by Crippen LogP contribution is 2.32. The molecule has 13 heteroatoms. The molecule has 3 N–H and O–H groups in total. The van der Waals surface area contributed by atoms with Crippen molar-refractivity contribution in [1.82, 2.24) is 20.4 Å². The first kappa shape index (κ1) is 29.7. The normalized spacial score (nSPS) is 21.2. The van der Waals surface area contributed by atoms with Gasteiger partial charge in [-0.25, -0.2) is 4.79 Å². The average molecular weight is 523 g/mol. The molecule has 2 heterocycles. The van der Waals surface area contributed by atoms with Gasteiger partial charge >= 0.3 is 18.2 Å². The van der Waals surface area contributed by atoms with Crippen molar-refractivity contribution in [2.45, 2.75) is 71.9 Å². The molecule has 0 aromatic heterocycles. The van der Waals surface area contributed by atoms with Crippen LogP contribution in [-0.4, -0.2) is 90.1 Å². The summed E-state index contributed by atoms with van der Waals surface area (Å²) in [4.78, 5) is 40.4. The molecule has 0 bridgehead atoms. The maximum absolute atomic E-state index is 13.6. The summed E-state index contributed by atoms with van der Waals surface area (Å²) in [6.45, 7) is 9.19. The number of hydrogen-bond acceptors (Lipinski definition) is 7. The molecule has 2 rings (SSSR count). The van der Waals surface area contributed by atoms with Gasteiger partial charge in [-0.3, -0.25) is 9.59 Å². The highest BCUT2D eigenvalue weighted by Gasteiger charge is 2.43. The van der Waals surface area contributed by atoms with Crippen LogP contribution in [-0.2, 0) is 19.1 Å². The average Bonchev–Trinajstić information content (AvgIpc) is 3.28. The number of aliphatic hydroxyl groups is 1. The molecular formula is C23H37F3N4O6. The number of halogens is 3. The van der Waals surface area contributed by atoms with Gasteiger partial charge in [0.25, 0.3) is 0 Å². The van der Waals surface area contributed by atoms with Gasteiger partial charge in [0.2, 0.25) is 11.7 Å². The van der Waals surface area contributed by atoms with E-state index in [9.17, 15) is 32.7 Å². The van der Waals surface area contributed by atoms with E-state index in [-0.39, 0.29) is 12.5 Å². The Balaban J connectivity index is 2.23. The zero-order valence-corrected chi connectivity index (χ0v) is 21.4. The predicted molar refractivity (Wildman–Crippen MR) is 123 cm³/mol. The zero-order chi connectivity index (χ0) is 27.2. The predicted octanol–water partition coefficient (Wildman–Crippen LogP) is 1.94. The summed E-state index contributed by atoms with van der Waals surface area (Å²) < 4.78 is 50.6. The number of morpholine rings is 1. The molecule has 0 aliphatic carbocycles. The molecule has 2 aliphatic rings. The number of nitrogens with one attached hydrogen (secondary N) is 2. The summed E-state index contributed by atoms with van der Waals surface area (Å²) in [6, 6.07) is -2.14. The minimum absolute atomic E-state index is 0.273. The third kappa shape index (κ3) is 7.73. The number of carbonyl (C=O) groups excluding carboxylic acids is 3. The SMILES string of the molecule is CC(=O)O/C(=C(/NC(O)[C@@H]1CCCN1C(=O)[C@@H](NC(=O)N1CCOCC1)C(C)C)C(C)C)C(F)(F)F. The second-order valence-corrected chi connectivity index (χ2v) is 9.59. The number of likely N-dealkylation sites (tertiary alicyclic amines) is 1. The monoisotopic (exact) mass is 522 g/mol. The van der Waals surface area contributed by atoms with Gasteiger partial charge in [0.1, 0.15) is 12.3 Å². The summed E-state index contributed by atoms with van der Waals surface area (Å²) in [5, 5.41) is 16.1. The van der Waals surface area contributed by atoms with Gasteiger partial charge in [-0.05, 0) is 24.7 Å². The lowest BCUT2D eigenvalue weighted by molar-refractivity contribution is -0.159. The van der Waals surface area contributed by atoms with Crippen LogP contribution in [0.1, 0.15) is 47.5 Å². The van der Waals surface area contributed by atoms with Crippen LogP contribution >= 0.6 is 0 Å². The third-order valence-electron chi connectivity index (χ3n) is 6.09. The minimum atomic E-state index is -4.98. The molecule has 0 aromatic carbocycles. The fourth-order valence-corrected chi connectivity index (χ4v) is 4.24. The molecule has 0 aromatic rings. The topological polar surface area (TPSA) is 120 Å². The Labute approximate surface area is 209 Å². The Morgan fingerprint density at radius 3 is 2.17 bits per heavy atom. The van der Waals surface area contributed by atoms with E-state index in [4.69, 9.17) is 4.74 Å². The molecule has 2 aliphatic heterocycles. The lowest BCUT2D eigenvalue weighted by Crippen LogP contribution is -2.58. The molecule has 0 spiro atoms. The number of rotatable bonds is 8. The zero-order valence-electron chi connectivity index (χ0n) is 21.4. The number of aliphatic hydroxyl groups excluding tert-OH is 1. The number of alkyl halides is 3. The van der Waals surface area contributed by atoms with Gasteiger partial charge in [0.05, 0.1) is 25.0 Å². The third-order valence-corrected chi connectivity index (χ3v) is 6.09. The Morgan fingerprint density at radius 1 is 1.06 bits per heavy atom. The van der Waals surface area contributed by atoms with Crippen LogP contribution in [0.15, 0.2) is 11.5 Å². The fraction of sp³-hybridized carbons (Fsp3) is 0.783. The maximum Gasteiger partial charge on any atom is 0.451 e. The second-order valence-electron chi connectivity index (χ2n) is 9.59. The highest BCUT2D eigenvalue weighted by atomic mass is 19.4. The number of carbonyl (C=O) groups is 3. The van der Waals surface area contributed by atoms with Gasteiger partial charge < -0.3 is 35.0 Å². The largest absolute Gasteiger partial charge is 0.451 e. The van der Waals surface area contributed by atoms with Gasteiger partial charge in [-0.1, -0.05) is 27.7 Å². The minimum Gasteiger partial charge on any atom is -0.420 e. The molecule has 0 radical (unpaired) electrons. The maximum atomic E-state index is 13.6. The number of urea groups is 1. The molecular weight excluding hydrogens is 485 g/mol. The van der Waals surface area contributed by atoms with E-state index in [2.05, 4.69) is 15.4 Å². The molecule has 36 heavy (non-hydrogen) atoms. The quantitative estimate of drug-likeness (QED) is 0.253. The summed E-state index contributed by atoms with van der Waals surface area (Å²) in [5.41, 5.74) is -0.495. The van der Waals surface area contributed by atoms with E-state index in [1.807, 2.05) is 0 Å². The van der Waals surface area contributed by atoms with Crippen LogP contribution in [0.25, 0.3) is 0 Å². The first-order valence-corrected chi connectivity index (χ1v) is 12.1. The van der Waals surface area contributed by atoms with E-state index < -0.39 is 59.8 Å². The summed E-state index contributed by atoms with van der Waals surface area (Å²) in [6.07, 6.45) is -5.68. The van der Waals surface area contributed by atoms with E-state index in [0.717, 1.165) is 6.92 Å². The molecule has 0 saturated carbocycles. The summed E-state index contributed by atoms with van der Waals surface area (Å²) in [5.74, 6) is -4.16. The van der Waals surface area contributed by atoms with Crippen molar-refractivity contribution in [3.63, 3.8) is 0 Å². The highest BCUT2D eigenvalue weighted by molar-refractivity contribution is 5.87. The van der Waals surface area contributed by atoms with Crippen molar-refractivity contribution in [2.75, 3.05) is 32.8 Å². The molecule has 2 saturated heterocycles. The van der Waals surface area contributed by atoms with Crippen LogP contribution < -0.4 is 10.6 Å². The van der Waals surface area contributed by atoms with Crippen molar-refractivity contribution in [3.05, 3.63) is 11.5 Å². The van der Waals surface area contributed by atoms with E-state index in [1.54, 1.807) is 18.7 Å². The number of amides is 3. The first-order valence-electron chi connectivity index (χ1n) is 12.1. The lowest BCUT2D eigenvalue weighted by Gasteiger charge is -2.36. The Kier molecular flexibility index (Phi) is 10.4. The summed E-state index contributed by atoms with van der Waals surface area (Å²) >= 11 is 0. The Hall–Kier alpha value is -2.54. The van der Waals surface area contributed by atoms with Crippen molar-refractivity contribution >= 4 is 17.9 Å². The molecule has 10 nitrogen and oxygen atoms in total.